The molecule has 0 spiro atoms. The number of hydrogen-bond donors (Lipinski definition) is 3. The minimum absolute atomic E-state index is 0.242. The first-order valence-corrected chi connectivity index (χ1v) is 2.34. The quantitative estimate of drug-likeness (QED) is 0.335. The molecule has 0 aromatic carbocycles. The number of nitrogens with zero attached hydrogens (tertiary/aromatic N) is 1. The van der Waals surface area contributed by atoms with Gasteiger partial charge in [0.2, 0.25) is 0 Å². The number of H-pyrrole nitrogens is 1. The van der Waals surface area contributed by atoms with E-state index in [4.69, 9.17) is 5.84 Å². The van der Waals surface area contributed by atoms with Crippen LogP contribution in [0.3, 0.4) is 0 Å². The lowest BCUT2D eigenvalue weighted by Crippen LogP contribution is -2.12. The molecule has 4 N–H and O–H groups in total. The largest absolute Gasteiger partial charge is 0.324 e. The highest BCUT2D eigenvalue weighted by Crippen LogP contribution is 1.88. The van der Waals surface area contributed by atoms with Crippen LogP contribution in [-0.4, -0.2) is 9.97 Å². The van der Waals surface area contributed by atoms with Crippen LogP contribution >= 0.6 is 0 Å². The Morgan fingerprint density at radius 3 is 3.00 bits per heavy atom. The average molecular weight is 126 g/mol. The smallest absolute Gasteiger partial charge is 0.266 e. The standard InChI is InChI=1S/C4H6N4O/c5-8-3-1-7-4(9)2-6-3/h1-2H,5H2,(H,6,8)(H,7,9). The molecule has 5 nitrogen and oxygen atoms in total. The molecule has 1 aromatic heterocycles. The summed E-state index contributed by atoms with van der Waals surface area (Å²) in [6.45, 7) is 0. The topological polar surface area (TPSA) is 83.8 Å². The molecular weight excluding hydrogens is 120 g/mol. The Labute approximate surface area is 50.9 Å². The molecule has 0 saturated heterocycles. The molecule has 1 rings (SSSR count). The predicted molar refractivity (Wildman–Crippen MR) is 32.7 cm³/mol. The van der Waals surface area contributed by atoms with Gasteiger partial charge in [-0.1, -0.05) is 0 Å². The number of nitrogens with two attached hydrogens (primary N) is 1. The normalized spacial score (nSPS) is 9.00. The van der Waals surface area contributed by atoms with E-state index in [1.54, 1.807) is 0 Å². The Hall–Kier alpha value is -1.36. The van der Waals surface area contributed by atoms with Gasteiger partial charge >= 0.3 is 0 Å². The van der Waals surface area contributed by atoms with Crippen LogP contribution < -0.4 is 16.8 Å². The second-order valence-electron chi connectivity index (χ2n) is 1.44. The molecule has 0 aliphatic rings. The summed E-state index contributed by atoms with van der Waals surface area (Å²) < 4.78 is 0. The van der Waals surface area contributed by atoms with Gasteiger partial charge in [-0.25, -0.2) is 10.8 Å². The molecule has 0 fully saturated rings. The van der Waals surface area contributed by atoms with Gasteiger partial charge in [0.25, 0.3) is 5.56 Å². The number of aromatic nitrogens is 2. The number of hydrogen-bond acceptors (Lipinski definition) is 4. The zero-order chi connectivity index (χ0) is 6.69. The van der Waals surface area contributed by atoms with Gasteiger partial charge in [-0.2, -0.15) is 0 Å². The Kier molecular flexibility index (Phi) is 1.46. The van der Waals surface area contributed by atoms with Crippen LogP contribution in [0, 0.1) is 0 Å². The molecule has 5 heteroatoms. The maximum atomic E-state index is 10.4. The zero-order valence-corrected chi connectivity index (χ0v) is 4.59. The van der Waals surface area contributed by atoms with E-state index in [0.29, 0.717) is 5.82 Å². The van der Waals surface area contributed by atoms with Gasteiger partial charge < -0.3 is 10.4 Å². The first-order valence-electron chi connectivity index (χ1n) is 2.34. The molecule has 9 heavy (non-hydrogen) atoms. The fraction of sp³-hybridized carbons (Fsp3) is 0. The summed E-state index contributed by atoms with van der Waals surface area (Å²) in [6, 6.07) is 0. The summed E-state index contributed by atoms with van der Waals surface area (Å²) in [7, 11) is 0. The second kappa shape index (κ2) is 2.27. The van der Waals surface area contributed by atoms with Gasteiger partial charge in [-0.05, 0) is 0 Å². The molecule has 0 radical (unpaired) electrons. The van der Waals surface area contributed by atoms with Crippen LogP contribution in [0.2, 0.25) is 0 Å². The van der Waals surface area contributed by atoms with Gasteiger partial charge in [0.15, 0.2) is 5.82 Å². The number of aromatic amines is 1. The lowest BCUT2D eigenvalue weighted by molar-refractivity contribution is 1.11. The van der Waals surface area contributed by atoms with E-state index in [9.17, 15) is 4.79 Å². The van der Waals surface area contributed by atoms with E-state index >= 15 is 0 Å². The van der Waals surface area contributed by atoms with Crippen molar-refractivity contribution in [2.24, 2.45) is 5.84 Å². The third kappa shape index (κ3) is 1.26. The van der Waals surface area contributed by atoms with E-state index < -0.39 is 0 Å². The molecule has 48 valence electrons. The molecule has 1 aromatic rings. The number of rotatable bonds is 1. The van der Waals surface area contributed by atoms with Crippen molar-refractivity contribution in [3.8, 4) is 0 Å². The highest BCUT2D eigenvalue weighted by atomic mass is 16.1. The predicted octanol–water partition coefficient (Wildman–Crippen LogP) is -0.945. The first kappa shape index (κ1) is 5.77. The van der Waals surface area contributed by atoms with E-state index in [1.165, 1.54) is 6.20 Å². The molecule has 0 aliphatic heterocycles. The summed E-state index contributed by atoms with van der Waals surface area (Å²) in [6.07, 6.45) is 2.54. The fourth-order valence-corrected chi connectivity index (χ4v) is 0.421. The van der Waals surface area contributed by atoms with Crippen molar-refractivity contribution in [3.63, 3.8) is 0 Å². The molecule has 0 amide bonds. The SMILES string of the molecule is NNc1c[nH]c(=O)cn1. The van der Waals surface area contributed by atoms with Crippen molar-refractivity contribution >= 4 is 5.82 Å². The maximum absolute atomic E-state index is 10.4. The number of nitrogens with one attached hydrogen (secondary N) is 2. The van der Waals surface area contributed by atoms with Gasteiger partial charge in [0.1, 0.15) is 0 Å². The second-order valence-corrected chi connectivity index (χ2v) is 1.44. The molecule has 0 atom stereocenters. The van der Waals surface area contributed by atoms with E-state index in [1.807, 2.05) is 0 Å². The van der Waals surface area contributed by atoms with E-state index in [-0.39, 0.29) is 5.56 Å². The summed E-state index contributed by atoms with van der Waals surface area (Å²) in [4.78, 5) is 16.4. The fourth-order valence-electron chi connectivity index (χ4n) is 0.421. The van der Waals surface area contributed by atoms with Crippen LogP contribution in [0.1, 0.15) is 0 Å². The van der Waals surface area contributed by atoms with E-state index in [0.717, 1.165) is 6.20 Å². The minimum atomic E-state index is -0.242. The van der Waals surface area contributed by atoms with Crippen LogP contribution in [0.4, 0.5) is 5.82 Å². The van der Waals surface area contributed by atoms with Crippen molar-refractivity contribution in [1.82, 2.24) is 9.97 Å². The molecule has 0 saturated carbocycles. The van der Waals surface area contributed by atoms with Gasteiger partial charge in [-0.15, -0.1) is 0 Å². The third-order valence-corrected chi connectivity index (χ3v) is 0.820. The van der Waals surface area contributed by atoms with Crippen molar-refractivity contribution in [2.45, 2.75) is 0 Å². The number of anilines is 1. The van der Waals surface area contributed by atoms with E-state index in [2.05, 4.69) is 15.4 Å². The summed E-state index contributed by atoms with van der Waals surface area (Å²) >= 11 is 0. The van der Waals surface area contributed by atoms with Gasteiger partial charge in [0.05, 0.1) is 6.20 Å². The van der Waals surface area contributed by atoms with Gasteiger partial charge in [-0.3, -0.25) is 4.79 Å². The van der Waals surface area contributed by atoms with Crippen molar-refractivity contribution in [1.29, 1.82) is 0 Å². The number of nitrogen functional groups attached to an aromatic ring is 1. The Morgan fingerprint density at radius 2 is 2.56 bits per heavy atom. The summed E-state index contributed by atoms with van der Waals surface area (Å²) in [5.41, 5.74) is 2.03. The van der Waals surface area contributed by atoms with Gasteiger partial charge in [0, 0.05) is 6.20 Å². The van der Waals surface area contributed by atoms with Crippen LogP contribution in [-0.2, 0) is 0 Å². The lowest BCUT2D eigenvalue weighted by Gasteiger charge is -1.92. The summed E-state index contributed by atoms with van der Waals surface area (Å²) in [5, 5.41) is 0. The molecule has 0 bridgehead atoms. The molecule has 0 unspecified atom stereocenters. The highest BCUT2D eigenvalue weighted by molar-refractivity contribution is 5.26. The Morgan fingerprint density at radius 1 is 1.78 bits per heavy atom. The van der Waals surface area contributed by atoms with Crippen LogP contribution in [0.5, 0.6) is 0 Å². The van der Waals surface area contributed by atoms with Crippen molar-refractivity contribution in [2.75, 3.05) is 5.43 Å². The molecule has 1 heterocycles. The maximum Gasteiger partial charge on any atom is 0.266 e. The minimum Gasteiger partial charge on any atom is -0.324 e. The molecular formula is C4H6N4O. The zero-order valence-electron chi connectivity index (χ0n) is 4.59. The van der Waals surface area contributed by atoms with Crippen molar-refractivity contribution < 1.29 is 0 Å². The van der Waals surface area contributed by atoms with Crippen LogP contribution in [0.25, 0.3) is 0 Å². The highest BCUT2D eigenvalue weighted by Gasteiger charge is 1.85. The summed E-state index contributed by atoms with van der Waals surface area (Å²) in [5.74, 6) is 5.40. The lowest BCUT2D eigenvalue weighted by atomic mass is 10.7. The van der Waals surface area contributed by atoms with Crippen molar-refractivity contribution in [3.05, 3.63) is 22.7 Å². The Balaban J connectivity index is 3.02. The number of hydrazine groups is 1. The third-order valence-electron chi connectivity index (χ3n) is 0.820. The monoisotopic (exact) mass is 126 g/mol. The molecule has 0 aliphatic carbocycles. The average Bonchev–Trinajstić information content (AvgIpc) is 1.90. The first-order chi connectivity index (χ1) is 4.33. The van der Waals surface area contributed by atoms with Crippen LogP contribution in [0.15, 0.2) is 17.2 Å². The Bertz CT molecular complexity index is 222.